The monoisotopic (exact) mass is 648 g/mol. The highest BCUT2D eigenvalue weighted by molar-refractivity contribution is 5.92. The molecule has 1 aliphatic heterocycles. The molecule has 8 aromatic carbocycles. The van der Waals surface area contributed by atoms with Crippen LogP contribution < -0.4 is 4.74 Å². The molecule has 0 bridgehead atoms. The van der Waals surface area contributed by atoms with Crippen LogP contribution in [0, 0.1) is 0 Å². The van der Waals surface area contributed by atoms with E-state index in [0.717, 1.165) is 11.5 Å². The summed E-state index contributed by atoms with van der Waals surface area (Å²) in [5, 5.41) is 0. The van der Waals surface area contributed by atoms with E-state index >= 15 is 0 Å². The third-order valence-electron chi connectivity index (χ3n) is 11.7. The maximum atomic E-state index is 6.81. The fourth-order valence-electron chi connectivity index (χ4n) is 9.77. The van der Waals surface area contributed by atoms with Gasteiger partial charge in [-0.2, -0.15) is 0 Å². The molecule has 2 aliphatic carbocycles. The highest BCUT2D eigenvalue weighted by Crippen LogP contribution is 2.64. The molecule has 0 amide bonds. The molecule has 51 heavy (non-hydrogen) atoms. The number of rotatable bonds is 3. The van der Waals surface area contributed by atoms with Gasteiger partial charge in [-0.05, 0) is 78.9 Å². The Labute approximate surface area is 298 Å². The van der Waals surface area contributed by atoms with Crippen molar-refractivity contribution >= 4 is 0 Å². The quantitative estimate of drug-likeness (QED) is 0.185. The molecule has 1 heteroatoms. The van der Waals surface area contributed by atoms with Gasteiger partial charge in [0.2, 0.25) is 0 Å². The smallest absolute Gasteiger partial charge is 0.132 e. The van der Waals surface area contributed by atoms with E-state index < -0.39 is 10.8 Å². The molecule has 8 aromatic rings. The molecule has 3 aliphatic rings. The van der Waals surface area contributed by atoms with Crippen LogP contribution in [-0.2, 0) is 10.8 Å². The minimum atomic E-state index is -0.527. The zero-order valence-corrected chi connectivity index (χ0v) is 27.9. The molecule has 0 aromatic heterocycles. The van der Waals surface area contributed by atoms with Gasteiger partial charge in [0.05, 0.1) is 10.8 Å². The van der Waals surface area contributed by atoms with Crippen LogP contribution >= 0.6 is 0 Å². The first-order chi connectivity index (χ1) is 25.3. The molecule has 0 N–H and O–H groups in total. The molecular formula is C50H32O. The summed E-state index contributed by atoms with van der Waals surface area (Å²) in [6, 6.07) is 71.3. The van der Waals surface area contributed by atoms with Gasteiger partial charge >= 0.3 is 0 Å². The second-order valence-corrected chi connectivity index (χ2v) is 13.9. The van der Waals surface area contributed by atoms with Crippen molar-refractivity contribution in [2.45, 2.75) is 10.8 Å². The van der Waals surface area contributed by atoms with Gasteiger partial charge in [-0.15, -0.1) is 0 Å². The van der Waals surface area contributed by atoms with Crippen LogP contribution in [0.5, 0.6) is 11.5 Å². The Hall–Kier alpha value is -6.44. The van der Waals surface area contributed by atoms with Crippen LogP contribution in [0.4, 0.5) is 0 Å². The normalized spacial score (nSPS) is 14.7. The van der Waals surface area contributed by atoms with E-state index in [4.69, 9.17) is 4.74 Å². The molecule has 11 rings (SSSR count). The van der Waals surface area contributed by atoms with Crippen molar-refractivity contribution in [2.75, 3.05) is 0 Å². The number of benzene rings is 8. The van der Waals surface area contributed by atoms with Crippen LogP contribution in [0.3, 0.4) is 0 Å². The minimum absolute atomic E-state index is 0.435. The summed E-state index contributed by atoms with van der Waals surface area (Å²) >= 11 is 0. The van der Waals surface area contributed by atoms with Crippen molar-refractivity contribution < 1.29 is 4.74 Å². The average Bonchev–Trinajstić information content (AvgIpc) is 3.67. The van der Waals surface area contributed by atoms with Crippen molar-refractivity contribution in [3.05, 3.63) is 239 Å². The summed E-state index contributed by atoms with van der Waals surface area (Å²) in [5.41, 5.74) is 16.7. The molecule has 0 fully saturated rings. The van der Waals surface area contributed by atoms with E-state index in [2.05, 4.69) is 194 Å². The second kappa shape index (κ2) is 10.5. The van der Waals surface area contributed by atoms with E-state index in [9.17, 15) is 0 Å². The van der Waals surface area contributed by atoms with Crippen molar-refractivity contribution in [2.24, 2.45) is 0 Å². The topological polar surface area (TPSA) is 9.23 Å². The average molecular weight is 649 g/mol. The van der Waals surface area contributed by atoms with Gasteiger partial charge in [-0.1, -0.05) is 182 Å². The van der Waals surface area contributed by atoms with Gasteiger partial charge in [0.1, 0.15) is 11.5 Å². The first kappa shape index (κ1) is 28.4. The summed E-state index contributed by atoms with van der Waals surface area (Å²) in [5.74, 6) is 1.81. The van der Waals surface area contributed by atoms with Gasteiger partial charge in [0.15, 0.2) is 0 Å². The summed E-state index contributed by atoms with van der Waals surface area (Å²) in [7, 11) is 0. The Morgan fingerprint density at radius 2 is 0.686 bits per heavy atom. The molecular weight excluding hydrogens is 617 g/mol. The molecule has 1 spiro atoms. The standard InChI is InChI=1S/C50H32O/c1-2-15-34(16-3-1)49(41-22-8-4-17-37(41)38-18-5-9-23-42(38)49)35-31-29-33(30-32-35)36-21-14-28-47-48(36)50(45-26-12-13-27-46(45)51-47)43-24-10-6-19-39(43)40-20-7-11-25-44(40)50/h1-32H. The Morgan fingerprint density at radius 1 is 0.275 bits per heavy atom. The summed E-state index contributed by atoms with van der Waals surface area (Å²) < 4.78 is 6.81. The minimum Gasteiger partial charge on any atom is -0.457 e. The van der Waals surface area contributed by atoms with Crippen LogP contribution in [0.2, 0.25) is 0 Å². The van der Waals surface area contributed by atoms with Gasteiger partial charge < -0.3 is 4.74 Å². The molecule has 0 atom stereocenters. The molecule has 0 saturated carbocycles. The van der Waals surface area contributed by atoms with Crippen molar-refractivity contribution in [1.82, 2.24) is 0 Å². The first-order valence-corrected chi connectivity index (χ1v) is 17.8. The molecule has 238 valence electrons. The summed E-state index contributed by atoms with van der Waals surface area (Å²) in [4.78, 5) is 0. The Kier molecular flexibility index (Phi) is 5.86. The van der Waals surface area contributed by atoms with E-state index in [0.29, 0.717) is 0 Å². The Bertz CT molecular complexity index is 2570. The SMILES string of the molecule is c1ccc(C2(c3ccc(-c4cccc5c4C4(c6ccccc6O5)c5ccccc5-c5ccccc54)cc3)c3ccccc3-c3ccccc32)cc1. The van der Waals surface area contributed by atoms with E-state index in [1.807, 2.05) is 0 Å². The highest BCUT2D eigenvalue weighted by atomic mass is 16.5. The van der Waals surface area contributed by atoms with Crippen LogP contribution in [0.25, 0.3) is 33.4 Å². The van der Waals surface area contributed by atoms with Gasteiger partial charge in [0.25, 0.3) is 0 Å². The number of ether oxygens (including phenoxy) is 1. The van der Waals surface area contributed by atoms with Crippen molar-refractivity contribution in [3.63, 3.8) is 0 Å². The van der Waals surface area contributed by atoms with Gasteiger partial charge in [0, 0.05) is 11.1 Å². The fourth-order valence-corrected chi connectivity index (χ4v) is 9.77. The predicted molar refractivity (Wildman–Crippen MR) is 207 cm³/mol. The number of fused-ring (bicyclic) bond motifs is 12. The Morgan fingerprint density at radius 3 is 1.25 bits per heavy atom. The van der Waals surface area contributed by atoms with Crippen LogP contribution in [0.1, 0.15) is 44.5 Å². The molecule has 1 heterocycles. The number of hydrogen-bond acceptors (Lipinski definition) is 1. The lowest BCUT2D eigenvalue weighted by atomic mass is 9.64. The lowest BCUT2D eigenvalue weighted by Gasteiger charge is -2.40. The Balaban J connectivity index is 1.17. The zero-order valence-electron chi connectivity index (χ0n) is 27.9. The summed E-state index contributed by atoms with van der Waals surface area (Å²) in [6.07, 6.45) is 0. The van der Waals surface area contributed by atoms with Gasteiger partial charge in [-0.3, -0.25) is 0 Å². The lowest BCUT2D eigenvalue weighted by Crippen LogP contribution is -2.32. The maximum Gasteiger partial charge on any atom is 0.132 e. The lowest BCUT2D eigenvalue weighted by molar-refractivity contribution is 0.437. The number of para-hydroxylation sites is 1. The molecule has 0 unspecified atom stereocenters. The van der Waals surface area contributed by atoms with E-state index in [1.165, 1.54) is 77.9 Å². The van der Waals surface area contributed by atoms with Gasteiger partial charge in [-0.25, -0.2) is 0 Å². The first-order valence-electron chi connectivity index (χ1n) is 17.8. The van der Waals surface area contributed by atoms with E-state index in [1.54, 1.807) is 0 Å². The van der Waals surface area contributed by atoms with Crippen LogP contribution in [-0.4, -0.2) is 0 Å². The molecule has 0 saturated heterocycles. The highest BCUT2D eigenvalue weighted by Gasteiger charge is 2.52. The largest absolute Gasteiger partial charge is 0.457 e. The zero-order chi connectivity index (χ0) is 33.6. The van der Waals surface area contributed by atoms with E-state index in [-0.39, 0.29) is 0 Å². The molecule has 1 nitrogen and oxygen atoms in total. The number of hydrogen-bond donors (Lipinski definition) is 0. The maximum absolute atomic E-state index is 6.81. The van der Waals surface area contributed by atoms with Crippen molar-refractivity contribution in [3.8, 4) is 44.9 Å². The third kappa shape index (κ3) is 3.60. The molecule has 0 radical (unpaired) electrons. The fraction of sp³-hybridized carbons (Fsp3) is 0.0400. The third-order valence-corrected chi connectivity index (χ3v) is 11.7. The van der Waals surface area contributed by atoms with Crippen molar-refractivity contribution in [1.29, 1.82) is 0 Å². The second-order valence-electron chi connectivity index (χ2n) is 13.9. The van der Waals surface area contributed by atoms with Crippen LogP contribution in [0.15, 0.2) is 194 Å². The predicted octanol–water partition coefficient (Wildman–Crippen LogP) is 12.2. The summed E-state index contributed by atoms with van der Waals surface area (Å²) in [6.45, 7) is 0.